The van der Waals surface area contributed by atoms with E-state index in [0.717, 1.165) is 6.26 Å². The number of sulfone groups is 1. The normalized spacial score (nSPS) is 12.8. The summed E-state index contributed by atoms with van der Waals surface area (Å²) in [5.74, 6) is -0.498. The van der Waals surface area contributed by atoms with Crippen LogP contribution in [0.3, 0.4) is 0 Å². The van der Waals surface area contributed by atoms with E-state index in [2.05, 4.69) is 0 Å². The molecule has 0 aliphatic heterocycles. The van der Waals surface area contributed by atoms with Crippen LogP contribution in [0.4, 0.5) is 5.69 Å². The predicted octanol–water partition coefficient (Wildman–Crippen LogP) is 0.717. The molecule has 0 aliphatic carbocycles. The smallest absolute Gasteiger partial charge is 0.244 e. The summed E-state index contributed by atoms with van der Waals surface area (Å²) in [5.41, 5.74) is 6.69. The fourth-order valence-electron chi connectivity index (χ4n) is 1.45. The summed E-state index contributed by atoms with van der Waals surface area (Å²) in [7, 11) is -1.91. The van der Waals surface area contributed by atoms with E-state index in [1.165, 1.54) is 18.9 Å². The highest BCUT2D eigenvalue weighted by molar-refractivity contribution is 7.92. The monoisotopic (exact) mass is 300 g/mol. The van der Waals surface area contributed by atoms with Crippen LogP contribution in [0.5, 0.6) is 0 Å². The highest BCUT2D eigenvalue weighted by atomic mass is 32.2. The van der Waals surface area contributed by atoms with E-state index in [1.54, 1.807) is 24.3 Å². The Morgan fingerprint density at radius 2 is 2.00 bits per heavy atom. The molecule has 104 valence electrons. The zero-order valence-electron chi connectivity index (χ0n) is 11.0. The second-order valence-corrected chi connectivity index (χ2v) is 7.09. The van der Waals surface area contributed by atoms with Crippen LogP contribution in [0.25, 0.3) is 0 Å². The largest absolute Gasteiger partial charge is 0.389 e. The second-order valence-electron chi connectivity index (χ2n) is 4.28. The molecular formula is C12H16N2O3S2. The van der Waals surface area contributed by atoms with Gasteiger partial charge in [-0.25, -0.2) is 8.42 Å². The molecule has 1 aromatic rings. The molecular weight excluding hydrogens is 284 g/mol. The van der Waals surface area contributed by atoms with E-state index in [-0.39, 0.29) is 4.99 Å². The fraction of sp³-hybridized carbons (Fsp3) is 0.333. The lowest BCUT2D eigenvalue weighted by molar-refractivity contribution is -0.117. The van der Waals surface area contributed by atoms with Crippen molar-refractivity contribution in [1.82, 2.24) is 0 Å². The SMILES string of the molecule is CC(C(=O)N(C)c1cccc(C(N)=S)c1)S(C)(=O)=O. The summed E-state index contributed by atoms with van der Waals surface area (Å²) in [6.07, 6.45) is 1.04. The highest BCUT2D eigenvalue weighted by Crippen LogP contribution is 2.17. The van der Waals surface area contributed by atoms with Gasteiger partial charge in [0.05, 0.1) is 0 Å². The van der Waals surface area contributed by atoms with Crippen LogP contribution >= 0.6 is 12.2 Å². The number of carbonyl (C=O) groups excluding carboxylic acids is 1. The van der Waals surface area contributed by atoms with Crippen LogP contribution in [-0.2, 0) is 14.6 Å². The summed E-state index contributed by atoms with van der Waals surface area (Å²) in [5, 5.41) is -1.09. The van der Waals surface area contributed by atoms with Crippen molar-refractivity contribution in [2.24, 2.45) is 5.73 Å². The Hall–Kier alpha value is -1.47. The Morgan fingerprint density at radius 3 is 2.47 bits per heavy atom. The van der Waals surface area contributed by atoms with Crippen molar-refractivity contribution < 1.29 is 13.2 Å². The first-order valence-electron chi connectivity index (χ1n) is 5.51. The molecule has 0 aromatic heterocycles. The lowest BCUT2D eigenvalue weighted by Crippen LogP contribution is -2.39. The van der Waals surface area contributed by atoms with Crippen molar-refractivity contribution in [3.63, 3.8) is 0 Å². The first-order chi connectivity index (χ1) is 8.64. The van der Waals surface area contributed by atoms with Gasteiger partial charge in [0.15, 0.2) is 9.84 Å². The van der Waals surface area contributed by atoms with Gasteiger partial charge in [0, 0.05) is 24.6 Å². The average molecular weight is 300 g/mol. The van der Waals surface area contributed by atoms with E-state index in [0.29, 0.717) is 11.3 Å². The molecule has 0 spiro atoms. The Labute approximate surface area is 118 Å². The quantitative estimate of drug-likeness (QED) is 0.829. The first-order valence-corrected chi connectivity index (χ1v) is 7.87. The third-order valence-corrected chi connectivity index (χ3v) is 4.56. The zero-order valence-corrected chi connectivity index (χ0v) is 12.6. The molecule has 1 unspecified atom stereocenters. The molecule has 2 N–H and O–H groups in total. The Morgan fingerprint density at radius 1 is 1.42 bits per heavy atom. The summed E-state index contributed by atoms with van der Waals surface area (Å²) < 4.78 is 22.8. The molecule has 0 bridgehead atoms. The molecule has 0 radical (unpaired) electrons. The number of benzene rings is 1. The third kappa shape index (κ3) is 3.74. The van der Waals surface area contributed by atoms with Crippen LogP contribution in [0.15, 0.2) is 24.3 Å². The number of hydrogen-bond donors (Lipinski definition) is 1. The van der Waals surface area contributed by atoms with Gasteiger partial charge in [-0.15, -0.1) is 0 Å². The number of amides is 1. The zero-order chi connectivity index (χ0) is 14.8. The molecule has 0 saturated carbocycles. The van der Waals surface area contributed by atoms with Crippen molar-refractivity contribution in [2.75, 3.05) is 18.2 Å². The van der Waals surface area contributed by atoms with Gasteiger partial charge in [0.2, 0.25) is 5.91 Å². The van der Waals surface area contributed by atoms with Crippen molar-refractivity contribution >= 4 is 38.6 Å². The average Bonchev–Trinajstić information content (AvgIpc) is 2.35. The first kappa shape index (κ1) is 15.6. The van der Waals surface area contributed by atoms with Gasteiger partial charge >= 0.3 is 0 Å². The number of hydrogen-bond acceptors (Lipinski definition) is 4. The minimum absolute atomic E-state index is 0.221. The topological polar surface area (TPSA) is 80.5 Å². The van der Waals surface area contributed by atoms with Gasteiger partial charge in [-0.2, -0.15) is 0 Å². The van der Waals surface area contributed by atoms with Gasteiger partial charge < -0.3 is 10.6 Å². The van der Waals surface area contributed by atoms with Crippen molar-refractivity contribution in [1.29, 1.82) is 0 Å². The number of carbonyl (C=O) groups is 1. The molecule has 0 heterocycles. The molecule has 0 aliphatic rings. The second kappa shape index (κ2) is 5.66. The van der Waals surface area contributed by atoms with Crippen LogP contribution < -0.4 is 10.6 Å². The molecule has 1 rings (SSSR count). The minimum atomic E-state index is -3.42. The molecule has 1 amide bonds. The minimum Gasteiger partial charge on any atom is -0.389 e. The highest BCUT2D eigenvalue weighted by Gasteiger charge is 2.27. The summed E-state index contributed by atoms with van der Waals surface area (Å²) >= 11 is 4.86. The fourth-order valence-corrected chi connectivity index (χ4v) is 2.10. The standard InChI is InChI=1S/C12H16N2O3S2/c1-8(19(3,16)17)12(15)14(2)10-6-4-5-9(7-10)11(13)18/h4-8H,1-3H3,(H2,13,18). The molecule has 19 heavy (non-hydrogen) atoms. The van der Waals surface area contributed by atoms with E-state index in [9.17, 15) is 13.2 Å². The van der Waals surface area contributed by atoms with E-state index < -0.39 is 21.0 Å². The van der Waals surface area contributed by atoms with Gasteiger partial charge in [-0.3, -0.25) is 4.79 Å². The number of nitrogens with zero attached hydrogens (tertiary/aromatic N) is 1. The van der Waals surface area contributed by atoms with Crippen LogP contribution in [-0.4, -0.2) is 37.9 Å². The number of nitrogens with two attached hydrogens (primary N) is 1. The molecule has 1 aromatic carbocycles. The van der Waals surface area contributed by atoms with Crippen LogP contribution in [0, 0.1) is 0 Å². The summed E-state index contributed by atoms with van der Waals surface area (Å²) in [4.78, 5) is 13.6. The van der Waals surface area contributed by atoms with Crippen LogP contribution in [0.2, 0.25) is 0 Å². The maximum absolute atomic E-state index is 12.1. The predicted molar refractivity (Wildman–Crippen MR) is 80.0 cm³/mol. The van der Waals surface area contributed by atoms with E-state index in [1.807, 2.05) is 0 Å². The third-order valence-electron chi connectivity index (χ3n) is 2.84. The van der Waals surface area contributed by atoms with Gasteiger partial charge in [0.25, 0.3) is 0 Å². The summed E-state index contributed by atoms with van der Waals surface area (Å²) in [6.45, 7) is 1.37. The number of anilines is 1. The number of rotatable bonds is 4. The maximum atomic E-state index is 12.1. The van der Waals surface area contributed by atoms with E-state index >= 15 is 0 Å². The van der Waals surface area contributed by atoms with Crippen LogP contribution in [0.1, 0.15) is 12.5 Å². The van der Waals surface area contributed by atoms with Gasteiger partial charge in [-0.1, -0.05) is 24.4 Å². The Kier molecular flexibility index (Phi) is 4.65. The molecule has 0 fully saturated rings. The van der Waals surface area contributed by atoms with E-state index in [4.69, 9.17) is 18.0 Å². The maximum Gasteiger partial charge on any atom is 0.244 e. The summed E-state index contributed by atoms with van der Waals surface area (Å²) in [6, 6.07) is 6.77. The molecule has 5 nitrogen and oxygen atoms in total. The molecule has 7 heteroatoms. The molecule has 0 saturated heterocycles. The lowest BCUT2D eigenvalue weighted by atomic mass is 10.2. The van der Waals surface area contributed by atoms with Crippen molar-refractivity contribution in [3.8, 4) is 0 Å². The lowest BCUT2D eigenvalue weighted by Gasteiger charge is -2.21. The number of thiocarbonyl (C=S) groups is 1. The van der Waals surface area contributed by atoms with Gasteiger partial charge in [-0.05, 0) is 19.1 Å². The van der Waals surface area contributed by atoms with Gasteiger partial charge in [0.1, 0.15) is 10.2 Å². The Balaban J connectivity index is 3.07. The Bertz CT molecular complexity index is 611. The van der Waals surface area contributed by atoms with Crippen molar-refractivity contribution in [3.05, 3.63) is 29.8 Å². The molecule has 1 atom stereocenters. The van der Waals surface area contributed by atoms with Crippen molar-refractivity contribution in [2.45, 2.75) is 12.2 Å².